The molecule has 2 saturated carbocycles. The summed E-state index contributed by atoms with van der Waals surface area (Å²) in [5.41, 5.74) is -3.39. The van der Waals surface area contributed by atoms with Crippen molar-refractivity contribution in [3.05, 3.63) is 11.6 Å². The monoisotopic (exact) mass is 378 g/mol. The van der Waals surface area contributed by atoms with Gasteiger partial charge in [0, 0.05) is 17.4 Å². The number of cyclic esters (lactones) is 1. The molecule has 4 aliphatic heterocycles. The van der Waals surface area contributed by atoms with Crippen LogP contribution < -0.4 is 0 Å². The molecule has 6 rings (SSSR count). The van der Waals surface area contributed by atoms with E-state index in [1.807, 2.05) is 13.8 Å². The summed E-state index contributed by atoms with van der Waals surface area (Å²) in [7, 11) is 0. The standard InChI is InChI=1S/C19H22O8/c1-16-5-7-12(24-7)18(3)11(16)10(26-15(18)22)13-19(27-13)8(16)4-9(21)25-14(19)17(2,23)6-20/h4,7,10-14,20,23H,5-6H2,1-3H3. The van der Waals surface area contributed by atoms with Crippen LogP contribution in [0.15, 0.2) is 11.6 Å². The highest BCUT2D eigenvalue weighted by molar-refractivity contribution is 5.87. The van der Waals surface area contributed by atoms with Crippen molar-refractivity contribution in [1.82, 2.24) is 0 Å². The third-order valence-electron chi connectivity index (χ3n) is 7.94. The first-order valence-electron chi connectivity index (χ1n) is 9.41. The van der Waals surface area contributed by atoms with Crippen molar-refractivity contribution in [2.24, 2.45) is 16.7 Å². The maximum Gasteiger partial charge on any atom is 0.331 e. The van der Waals surface area contributed by atoms with Gasteiger partial charge in [0.1, 0.15) is 29.3 Å². The van der Waals surface area contributed by atoms with Gasteiger partial charge in [-0.2, -0.15) is 0 Å². The minimum absolute atomic E-state index is 0.0643. The molecule has 27 heavy (non-hydrogen) atoms. The normalized spacial score (nSPS) is 58.5. The van der Waals surface area contributed by atoms with E-state index in [-0.39, 0.29) is 24.1 Å². The fourth-order valence-corrected chi connectivity index (χ4v) is 6.80. The molecule has 10 unspecified atom stereocenters. The van der Waals surface area contributed by atoms with Crippen molar-refractivity contribution < 1.29 is 38.7 Å². The van der Waals surface area contributed by atoms with E-state index in [2.05, 4.69) is 0 Å². The summed E-state index contributed by atoms with van der Waals surface area (Å²) in [6.07, 6.45) is -0.212. The second kappa shape index (κ2) is 4.25. The number of ether oxygens (including phenoxy) is 4. The molecule has 8 heteroatoms. The van der Waals surface area contributed by atoms with Crippen molar-refractivity contribution in [3.8, 4) is 0 Å². The van der Waals surface area contributed by atoms with E-state index < -0.39 is 52.9 Å². The molecule has 0 radical (unpaired) electrons. The Hall–Kier alpha value is -1.48. The lowest BCUT2D eigenvalue weighted by atomic mass is 9.47. The number of fused-ring (bicyclic) bond motifs is 4. The molecular weight excluding hydrogens is 356 g/mol. The molecule has 1 spiro atoms. The fourth-order valence-electron chi connectivity index (χ4n) is 6.80. The molecule has 4 heterocycles. The van der Waals surface area contributed by atoms with Gasteiger partial charge >= 0.3 is 11.9 Å². The van der Waals surface area contributed by atoms with Crippen LogP contribution in [0.3, 0.4) is 0 Å². The summed E-state index contributed by atoms with van der Waals surface area (Å²) in [6.45, 7) is 4.74. The zero-order valence-corrected chi connectivity index (χ0v) is 15.3. The van der Waals surface area contributed by atoms with Crippen LogP contribution in [0.25, 0.3) is 0 Å². The number of aliphatic hydroxyl groups is 2. The lowest BCUT2D eigenvalue weighted by molar-refractivity contribution is -0.178. The van der Waals surface area contributed by atoms with Crippen LogP contribution in [0.1, 0.15) is 27.2 Å². The van der Waals surface area contributed by atoms with Crippen LogP contribution in [0.2, 0.25) is 0 Å². The third kappa shape index (κ3) is 1.55. The zero-order valence-electron chi connectivity index (χ0n) is 15.3. The Bertz CT molecular complexity index is 834. The molecular formula is C19H22O8. The number of carbonyl (C=O) groups excluding carboxylic acids is 2. The Morgan fingerprint density at radius 1 is 1.26 bits per heavy atom. The van der Waals surface area contributed by atoms with Crippen LogP contribution in [-0.2, 0) is 28.5 Å². The SMILES string of the molecule is CC(O)(CO)C1OC(=O)C=C2C3(C)CC4OC4C4(C)C(=O)OC(C34)C3OC231. The van der Waals surface area contributed by atoms with Crippen molar-refractivity contribution >= 4 is 11.9 Å². The Morgan fingerprint density at radius 2 is 2.00 bits per heavy atom. The van der Waals surface area contributed by atoms with E-state index in [4.69, 9.17) is 18.9 Å². The van der Waals surface area contributed by atoms with Crippen LogP contribution >= 0.6 is 0 Å². The molecule has 10 atom stereocenters. The average Bonchev–Trinajstić information content (AvgIpc) is 3.49. The first-order valence-corrected chi connectivity index (χ1v) is 9.41. The summed E-state index contributed by atoms with van der Waals surface area (Å²) < 4.78 is 23.2. The largest absolute Gasteiger partial charge is 0.459 e. The van der Waals surface area contributed by atoms with Gasteiger partial charge in [0.2, 0.25) is 0 Å². The van der Waals surface area contributed by atoms with Crippen LogP contribution in [-0.4, -0.2) is 70.5 Å². The lowest BCUT2D eigenvalue weighted by Crippen LogP contribution is -2.65. The molecule has 2 aliphatic carbocycles. The summed E-state index contributed by atoms with van der Waals surface area (Å²) in [6, 6.07) is 0. The van der Waals surface area contributed by atoms with Crippen molar-refractivity contribution in [1.29, 1.82) is 0 Å². The van der Waals surface area contributed by atoms with Gasteiger partial charge in [-0.05, 0) is 25.8 Å². The van der Waals surface area contributed by atoms with Crippen LogP contribution in [0.5, 0.6) is 0 Å². The highest BCUT2D eigenvalue weighted by Crippen LogP contribution is 2.75. The number of rotatable bonds is 2. The van der Waals surface area contributed by atoms with Gasteiger partial charge in [-0.25, -0.2) is 4.79 Å². The molecule has 2 N–H and O–H groups in total. The minimum Gasteiger partial charge on any atom is -0.459 e. The number of carbonyl (C=O) groups is 2. The Morgan fingerprint density at radius 3 is 2.70 bits per heavy atom. The second-order valence-electron chi connectivity index (χ2n) is 9.57. The van der Waals surface area contributed by atoms with Gasteiger partial charge in [0.15, 0.2) is 11.7 Å². The minimum atomic E-state index is -1.69. The van der Waals surface area contributed by atoms with Crippen molar-refractivity contribution in [3.63, 3.8) is 0 Å². The number of esters is 2. The molecule has 0 aromatic rings. The molecule has 6 aliphatic rings. The Labute approximate surface area is 155 Å². The molecule has 0 aromatic heterocycles. The number of hydrogen-bond acceptors (Lipinski definition) is 8. The smallest absolute Gasteiger partial charge is 0.331 e. The van der Waals surface area contributed by atoms with E-state index in [1.54, 1.807) is 0 Å². The zero-order chi connectivity index (χ0) is 19.1. The van der Waals surface area contributed by atoms with E-state index in [0.29, 0.717) is 6.42 Å². The van der Waals surface area contributed by atoms with Gasteiger partial charge in [-0.1, -0.05) is 6.92 Å². The number of epoxide rings is 2. The molecule has 0 aromatic carbocycles. The molecule has 3 saturated heterocycles. The molecule has 5 fully saturated rings. The quantitative estimate of drug-likeness (QED) is 0.486. The average molecular weight is 378 g/mol. The van der Waals surface area contributed by atoms with E-state index >= 15 is 0 Å². The first kappa shape index (κ1) is 16.5. The molecule has 8 nitrogen and oxygen atoms in total. The highest BCUT2D eigenvalue weighted by atomic mass is 16.7. The maximum atomic E-state index is 12.9. The van der Waals surface area contributed by atoms with Crippen LogP contribution in [0, 0.1) is 16.7 Å². The lowest BCUT2D eigenvalue weighted by Gasteiger charge is -2.53. The van der Waals surface area contributed by atoms with Gasteiger partial charge in [0.25, 0.3) is 0 Å². The van der Waals surface area contributed by atoms with E-state index in [9.17, 15) is 19.8 Å². The molecule has 146 valence electrons. The molecule has 0 bridgehead atoms. The Balaban J connectivity index is 1.56. The molecule has 0 amide bonds. The van der Waals surface area contributed by atoms with Crippen molar-refractivity contribution in [2.45, 2.75) is 68.9 Å². The maximum absolute atomic E-state index is 12.9. The van der Waals surface area contributed by atoms with Crippen molar-refractivity contribution in [2.75, 3.05) is 6.61 Å². The number of hydrogen-bond donors (Lipinski definition) is 2. The van der Waals surface area contributed by atoms with E-state index in [1.165, 1.54) is 13.0 Å². The predicted molar refractivity (Wildman–Crippen MR) is 86.1 cm³/mol. The summed E-state index contributed by atoms with van der Waals surface area (Å²) >= 11 is 0. The van der Waals surface area contributed by atoms with Gasteiger partial charge < -0.3 is 29.2 Å². The highest BCUT2D eigenvalue weighted by Gasteiger charge is 2.87. The summed E-state index contributed by atoms with van der Waals surface area (Å²) in [5, 5.41) is 20.4. The first-order chi connectivity index (χ1) is 12.6. The second-order valence-corrected chi connectivity index (χ2v) is 9.57. The van der Waals surface area contributed by atoms with Gasteiger partial charge in [-0.3, -0.25) is 4.79 Å². The predicted octanol–water partition coefficient (Wildman–Crippen LogP) is -0.542. The summed E-state index contributed by atoms with van der Waals surface area (Å²) in [5.74, 6) is -1.05. The Kier molecular flexibility index (Phi) is 2.59. The van der Waals surface area contributed by atoms with Crippen LogP contribution in [0.4, 0.5) is 0 Å². The topological polar surface area (TPSA) is 118 Å². The van der Waals surface area contributed by atoms with Gasteiger partial charge in [-0.15, -0.1) is 0 Å². The summed E-state index contributed by atoms with van der Waals surface area (Å²) in [4.78, 5) is 25.3. The third-order valence-corrected chi connectivity index (χ3v) is 7.94. The van der Waals surface area contributed by atoms with E-state index in [0.717, 1.165) is 5.57 Å². The number of aliphatic hydroxyl groups excluding tert-OH is 1. The van der Waals surface area contributed by atoms with Gasteiger partial charge in [0.05, 0.1) is 12.7 Å². The fraction of sp³-hybridized carbons (Fsp3) is 0.789.